The third-order valence-electron chi connectivity index (χ3n) is 3.28. The van der Waals surface area contributed by atoms with Gasteiger partial charge in [-0.15, -0.1) is 0 Å². The van der Waals surface area contributed by atoms with Crippen molar-refractivity contribution in [1.29, 1.82) is 0 Å². The zero-order chi connectivity index (χ0) is 13.7. The summed E-state index contributed by atoms with van der Waals surface area (Å²) in [6, 6.07) is 17.3. The lowest BCUT2D eigenvalue weighted by molar-refractivity contribution is 0.103. The van der Waals surface area contributed by atoms with Crippen LogP contribution in [0, 0.1) is 0 Å². The van der Waals surface area contributed by atoms with Crippen LogP contribution < -0.4 is 0 Å². The molecule has 0 heterocycles. The van der Waals surface area contributed by atoms with E-state index in [9.17, 15) is 4.79 Å². The minimum Gasteiger partial charge on any atom is -0.289 e. The van der Waals surface area contributed by atoms with Gasteiger partial charge < -0.3 is 0 Å². The van der Waals surface area contributed by atoms with Gasteiger partial charge >= 0.3 is 0 Å². The lowest BCUT2D eigenvalue weighted by Crippen LogP contribution is -2.04. The Morgan fingerprint density at radius 3 is 2.11 bits per heavy atom. The molecule has 2 rings (SSSR count). The molecule has 1 heteroatoms. The third kappa shape index (κ3) is 2.82. The normalized spacial score (nSPS) is 11.4. The molecular weight excluding hydrogens is 232 g/mol. The largest absolute Gasteiger partial charge is 0.289 e. The fraction of sp³-hybridized carbons (Fsp3) is 0.167. The predicted molar refractivity (Wildman–Crippen MR) is 80.3 cm³/mol. The first-order valence-electron chi connectivity index (χ1n) is 6.62. The highest BCUT2D eigenvalue weighted by Crippen LogP contribution is 2.24. The highest BCUT2D eigenvalue weighted by atomic mass is 16.1. The summed E-state index contributed by atoms with van der Waals surface area (Å²) in [7, 11) is 0. The Morgan fingerprint density at radius 2 is 1.53 bits per heavy atom. The van der Waals surface area contributed by atoms with Gasteiger partial charge in [0, 0.05) is 11.1 Å². The van der Waals surface area contributed by atoms with Crippen LogP contribution in [0.3, 0.4) is 0 Å². The molecule has 0 amide bonds. The van der Waals surface area contributed by atoms with E-state index in [0.29, 0.717) is 0 Å². The third-order valence-corrected chi connectivity index (χ3v) is 3.28. The number of ketones is 1. The average molecular weight is 250 g/mol. The molecule has 0 atom stereocenters. The molecule has 0 saturated carbocycles. The highest BCUT2D eigenvalue weighted by Gasteiger charge is 2.14. The molecule has 0 saturated heterocycles. The Balaban J connectivity index is 2.49. The van der Waals surface area contributed by atoms with Gasteiger partial charge in [-0.1, -0.05) is 67.6 Å². The van der Waals surface area contributed by atoms with E-state index in [1.807, 2.05) is 61.5 Å². The van der Waals surface area contributed by atoms with Crippen molar-refractivity contribution in [3.05, 3.63) is 77.4 Å². The molecule has 0 radical (unpaired) electrons. The van der Waals surface area contributed by atoms with Crippen LogP contribution in [0.15, 0.2) is 60.7 Å². The van der Waals surface area contributed by atoms with Gasteiger partial charge in [0.25, 0.3) is 0 Å². The van der Waals surface area contributed by atoms with E-state index >= 15 is 0 Å². The molecule has 0 N–H and O–H groups in total. The van der Waals surface area contributed by atoms with Crippen molar-refractivity contribution in [3.8, 4) is 0 Å². The molecule has 2 aromatic rings. The second-order valence-electron chi connectivity index (χ2n) is 4.41. The summed E-state index contributed by atoms with van der Waals surface area (Å²) in [4.78, 5) is 12.6. The molecule has 19 heavy (non-hydrogen) atoms. The minimum atomic E-state index is 0.0870. The summed E-state index contributed by atoms with van der Waals surface area (Å²) in [5.74, 6) is 0.0870. The number of rotatable bonds is 4. The van der Waals surface area contributed by atoms with E-state index in [2.05, 4.69) is 13.0 Å². The number of allylic oxidation sites excluding steroid dienone is 2. The molecule has 0 aliphatic carbocycles. The number of hydrogen-bond acceptors (Lipinski definition) is 1. The number of benzene rings is 2. The Labute approximate surface area is 114 Å². The van der Waals surface area contributed by atoms with Gasteiger partial charge in [-0.2, -0.15) is 0 Å². The van der Waals surface area contributed by atoms with Gasteiger partial charge in [0.1, 0.15) is 0 Å². The van der Waals surface area contributed by atoms with Crippen molar-refractivity contribution in [2.24, 2.45) is 0 Å². The lowest BCUT2D eigenvalue weighted by Gasteiger charge is -2.10. The molecule has 0 aliphatic heterocycles. The molecule has 0 unspecified atom stereocenters. The van der Waals surface area contributed by atoms with Crippen molar-refractivity contribution in [1.82, 2.24) is 0 Å². The average Bonchev–Trinajstić information content (AvgIpc) is 2.49. The number of carbonyl (C=O) groups is 1. The zero-order valence-corrected chi connectivity index (χ0v) is 11.4. The molecule has 0 spiro atoms. The summed E-state index contributed by atoms with van der Waals surface area (Å²) in [6.45, 7) is 4.13. The van der Waals surface area contributed by atoms with E-state index < -0.39 is 0 Å². The Kier molecular flexibility index (Phi) is 4.30. The highest BCUT2D eigenvalue weighted by molar-refractivity contribution is 6.11. The van der Waals surface area contributed by atoms with Crippen molar-refractivity contribution in [3.63, 3.8) is 0 Å². The van der Waals surface area contributed by atoms with Crippen LogP contribution in [0.4, 0.5) is 0 Å². The van der Waals surface area contributed by atoms with Gasteiger partial charge in [-0.25, -0.2) is 0 Å². The summed E-state index contributed by atoms with van der Waals surface area (Å²) in [5, 5.41) is 0. The lowest BCUT2D eigenvalue weighted by atomic mass is 9.92. The van der Waals surface area contributed by atoms with Crippen LogP contribution in [0.5, 0.6) is 0 Å². The van der Waals surface area contributed by atoms with Crippen LogP contribution in [0.1, 0.15) is 41.8 Å². The second-order valence-corrected chi connectivity index (χ2v) is 4.41. The van der Waals surface area contributed by atoms with Crippen LogP contribution in [-0.4, -0.2) is 5.78 Å². The number of hydrogen-bond donors (Lipinski definition) is 0. The quantitative estimate of drug-likeness (QED) is 0.717. The topological polar surface area (TPSA) is 17.1 Å². The molecule has 96 valence electrons. The van der Waals surface area contributed by atoms with Crippen LogP contribution >= 0.6 is 0 Å². The summed E-state index contributed by atoms with van der Waals surface area (Å²) >= 11 is 0. The smallest absolute Gasteiger partial charge is 0.193 e. The van der Waals surface area contributed by atoms with E-state index in [1.165, 1.54) is 5.57 Å². The fourth-order valence-corrected chi connectivity index (χ4v) is 2.26. The molecular formula is C18H18O. The summed E-state index contributed by atoms with van der Waals surface area (Å²) in [6.07, 6.45) is 3.01. The van der Waals surface area contributed by atoms with Crippen LogP contribution in [-0.2, 0) is 0 Å². The fourth-order valence-electron chi connectivity index (χ4n) is 2.26. The van der Waals surface area contributed by atoms with Crippen LogP contribution in [0.2, 0.25) is 0 Å². The molecule has 0 bridgehead atoms. The SMILES string of the molecule is CC=C(CC)c1ccccc1C(=O)c1ccccc1. The monoisotopic (exact) mass is 250 g/mol. The molecule has 0 fully saturated rings. The first kappa shape index (κ1) is 13.3. The maximum absolute atomic E-state index is 12.6. The van der Waals surface area contributed by atoms with E-state index in [4.69, 9.17) is 0 Å². The molecule has 2 aromatic carbocycles. The maximum atomic E-state index is 12.6. The summed E-state index contributed by atoms with van der Waals surface area (Å²) < 4.78 is 0. The minimum absolute atomic E-state index is 0.0870. The second kappa shape index (κ2) is 6.14. The van der Waals surface area contributed by atoms with Gasteiger partial charge in [0.05, 0.1) is 0 Å². The summed E-state index contributed by atoms with van der Waals surface area (Å²) in [5.41, 5.74) is 3.77. The van der Waals surface area contributed by atoms with Crippen molar-refractivity contribution < 1.29 is 4.79 Å². The first-order valence-corrected chi connectivity index (χ1v) is 6.62. The Hall–Kier alpha value is -2.15. The van der Waals surface area contributed by atoms with E-state index in [1.54, 1.807) is 0 Å². The van der Waals surface area contributed by atoms with Gasteiger partial charge in [-0.3, -0.25) is 4.79 Å². The van der Waals surface area contributed by atoms with Crippen molar-refractivity contribution in [2.45, 2.75) is 20.3 Å². The standard InChI is InChI=1S/C18H18O/c1-3-14(4-2)16-12-8-9-13-17(16)18(19)15-10-6-5-7-11-15/h3,5-13H,4H2,1-2H3. The van der Waals surface area contributed by atoms with Gasteiger partial charge in [0.2, 0.25) is 0 Å². The predicted octanol–water partition coefficient (Wildman–Crippen LogP) is 4.73. The Bertz CT molecular complexity index is 594. The van der Waals surface area contributed by atoms with Crippen molar-refractivity contribution in [2.75, 3.05) is 0 Å². The molecule has 0 aromatic heterocycles. The number of carbonyl (C=O) groups excluding carboxylic acids is 1. The zero-order valence-electron chi connectivity index (χ0n) is 11.4. The molecule has 1 nitrogen and oxygen atoms in total. The van der Waals surface area contributed by atoms with Crippen LogP contribution in [0.25, 0.3) is 5.57 Å². The van der Waals surface area contributed by atoms with E-state index in [0.717, 1.165) is 23.1 Å². The Morgan fingerprint density at radius 1 is 0.947 bits per heavy atom. The van der Waals surface area contributed by atoms with Gasteiger partial charge in [0.15, 0.2) is 5.78 Å². The van der Waals surface area contributed by atoms with E-state index in [-0.39, 0.29) is 5.78 Å². The maximum Gasteiger partial charge on any atom is 0.193 e. The van der Waals surface area contributed by atoms with Crippen molar-refractivity contribution >= 4 is 11.4 Å². The van der Waals surface area contributed by atoms with Gasteiger partial charge in [-0.05, 0) is 24.5 Å². The first-order chi connectivity index (χ1) is 9.27. The molecule has 0 aliphatic rings.